The number of benzene rings is 1. The largest absolute Gasteiger partial charge is 0.478 e. The maximum atomic E-state index is 13.0. The van der Waals surface area contributed by atoms with E-state index in [0.717, 1.165) is 0 Å². The summed E-state index contributed by atoms with van der Waals surface area (Å²) >= 11 is 5.70. The molecule has 0 fully saturated rings. The van der Waals surface area contributed by atoms with Crippen LogP contribution in [0.25, 0.3) is 0 Å². The predicted molar refractivity (Wildman–Crippen MR) is 65.4 cm³/mol. The van der Waals surface area contributed by atoms with Crippen LogP contribution in [0.5, 0.6) is 0 Å². The standard InChI is InChI=1S/C13H9ClFNO2/c14-9-6-11(13(17)18)12(16-7-9)5-8-2-1-3-10(15)4-8/h1-4,6-7H,5H2,(H,17,18). The summed E-state index contributed by atoms with van der Waals surface area (Å²) in [6.07, 6.45) is 1.62. The SMILES string of the molecule is O=C(O)c1cc(Cl)cnc1Cc1cccc(F)c1. The smallest absolute Gasteiger partial charge is 0.337 e. The molecule has 0 unspecified atom stereocenters. The number of carbonyl (C=O) groups is 1. The molecule has 3 nitrogen and oxygen atoms in total. The molecule has 1 heterocycles. The monoisotopic (exact) mass is 265 g/mol. The van der Waals surface area contributed by atoms with E-state index in [0.29, 0.717) is 11.3 Å². The summed E-state index contributed by atoms with van der Waals surface area (Å²) in [4.78, 5) is 15.0. The van der Waals surface area contributed by atoms with Crippen molar-refractivity contribution in [1.29, 1.82) is 0 Å². The zero-order chi connectivity index (χ0) is 13.1. The van der Waals surface area contributed by atoms with Crippen LogP contribution < -0.4 is 0 Å². The number of hydrogen-bond donors (Lipinski definition) is 1. The quantitative estimate of drug-likeness (QED) is 0.927. The van der Waals surface area contributed by atoms with Gasteiger partial charge in [0, 0.05) is 12.6 Å². The highest BCUT2D eigenvalue weighted by atomic mass is 35.5. The van der Waals surface area contributed by atoms with Gasteiger partial charge in [-0.2, -0.15) is 0 Å². The normalized spacial score (nSPS) is 10.3. The van der Waals surface area contributed by atoms with E-state index < -0.39 is 5.97 Å². The molecule has 0 aliphatic rings. The van der Waals surface area contributed by atoms with Crippen molar-refractivity contribution in [2.75, 3.05) is 0 Å². The number of hydrogen-bond acceptors (Lipinski definition) is 2. The first-order chi connectivity index (χ1) is 8.56. The maximum Gasteiger partial charge on any atom is 0.337 e. The zero-order valence-electron chi connectivity index (χ0n) is 9.23. The van der Waals surface area contributed by atoms with E-state index in [1.165, 1.54) is 24.4 Å². The Balaban J connectivity index is 2.37. The van der Waals surface area contributed by atoms with Crippen LogP contribution in [0, 0.1) is 5.82 Å². The number of aromatic carboxylic acids is 1. The molecule has 0 atom stereocenters. The molecular formula is C13H9ClFNO2. The molecule has 1 aromatic heterocycles. The Bertz CT molecular complexity index is 601. The molecule has 2 aromatic rings. The van der Waals surface area contributed by atoms with Crippen molar-refractivity contribution in [2.45, 2.75) is 6.42 Å². The minimum absolute atomic E-state index is 0.0340. The van der Waals surface area contributed by atoms with Crippen LogP contribution in [-0.4, -0.2) is 16.1 Å². The lowest BCUT2D eigenvalue weighted by molar-refractivity contribution is 0.0695. The first-order valence-electron chi connectivity index (χ1n) is 5.18. The van der Waals surface area contributed by atoms with Gasteiger partial charge in [0.15, 0.2) is 0 Å². The molecule has 0 spiro atoms. The van der Waals surface area contributed by atoms with Gasteiger partial charge >= 0.3 is 5.97 Å². The maximum absolute atomic E-state index is 13.0. The third-order valence-electron chi connectivity index (χ3n) is 2.43. The molecule has 0 radical (unpaired) electrons. The summed E-state index contributed by atoms with van der Waals surface area (Å²) in [7, 11) is 0. The fourth-order valence-electron chi connectivity index (χ4n) is 1.63. The van der Waals surface area contributed by atoms with E-state index in [9.17, 15) is 9.18 Å². The third kappa shape index (κ3) is 2.84. The lowest BCUT2D eigenvalue weighted by Crippen LogP contribution is -2.05. The molecule has 0 aliphatic carbocycles. The van der Waals surface area contributed by atoms with E-state index in [1.54, 1.807) is 12.1 Å². The molecule has 1 aromatic carbocycles. The van der Waals surface area contributed by atoms with Crippen LogP contribution >= 0.6 is 11.6 Å². The van der Waals surface area contributed by atoms with Crippen LogP contribution in [0.1, 0.15) is 21.6 Å². The van der Waals surface area contributed by atoms with Gasteiger partial charge in [0.05, 0.1) is 16.3 Å². The summed E-state index contributed by atoms with van der Waals surface area (Å²) in [5.74, 6) is -1.46. The number of carboxylic acids is 1. The summed E-state index contributed by atoms with van der Waals surface area (Å²) < 4.78 is 13.0. The van der Waals surface area contributed by atoms with E-state index in [-0.39, 0.29) is 22.8 Å². The summed E-state index contributed by atoms with van der Waals surface area (Å²) in [5.41, 5.74) is 1.05. The number of nitrogens with zero attached hydrogens (tertiary/aromatic N) is 1. The zero-order valence-corrected chi connectivity index (χ0v) is 9.99. The van der Waals surface area contributed by atoms with Gasteiger partial charge in [0.1, 0.15) is 5.82 Å². The van der Waals surface area contributed by atoms with Gasteiger partial charge in [-0.1, -0.05) is 23.7 Å². The van der Waals surface area contributed by atoms with Crippen molar-refractivity contribution < 1.29 is 14.3 Å². The molecule has 0 bridgehead atoms. The average Bonchev–Trinajstić information content (AvgIpc) is 2.31. The molecule has 92 valence electrons. The van der Waals surface area contributed by atoms with E-state index in [2.05, 4.69) is 4.98 Å². The summed E-state index contributed by atoms with van der Waals surface area (Å²) in [5, 5.41) is 9.31. The Kier molecular flexibility index (Phi) is 3.58. The summed E-state index contributed by atoms with van der Waals surface area (Å²) in [6, 6.07) is 7.30. The Hall–Kier alpha value is -1.94. The fraction of sp³-hybridized carbons (Fsp3) is 0.0769. The molecule has 18 heavy (non-hydrogen) atoms. The van der Waals surface area contributed by atoms with Crippen molar-refractivity contribution in [1.82, 2.24) is 4.98 Å². The van der Waals surface area contributed by atoms with Crippen LogP contribution in [0.15, 0.2) is 36.5 Å². The van der Waals surface area contributed by atoms with Gasteiger partial charge in [0.2, 0.25) is 0 Å². The van der Waals surface area contributed by atoms with Gasteiger partial charge in [-0.25, -0.2) is 9.18 Å². The second-order valence-electron chi connectivity index (χ2n) is 3.76. The van der Waals surface area contributed by atoms with Crippen molar-refractivity contribution in [2.24, 2.45) is 0 Å². The molecule has 2 rings (SSSR count). The topological polar surface area (TPSA) is 50.2 Å². The summed E-state index contributed by atoms with van der Waals surface area (Å²) in [6.45, 7) is 0. The van der Waals surface area contributed by atoms with Crippen LogP contribution in [0.2, 0.25) is 5.02 Å². The molecule has 0 aliphatic heterocycles. The van der Waals surface area contributed by atoms with Gasteiger partial charge in [-0.3, -0.25) is 4.98 Å². The minimum atomic E-state index is -1.10. The van der Waals surface area contributed by atoms with E-state index in [1.807, 2.05) is 0 Å². The Labute approximate surface area is 108 Å². The van der Waals surface area contributed by atoms with Crippen molar-refractivity contribution in [3.63, 3.8) is 0 Å². The third-order valence-corrected chi connectivity index (χ3v) is 2.63. The second-order valence-corrected chi connectivity index (χ2v) is 4.20. The van der Waals surface area contributed by atoms with Gasteiger partial charge in [-0.15, -0.1) is 0 Å². The van der Waals surface area contributed by atoms with Crippen molar-refractivity contribution in [3.05, 3.63) is 64.2 Å². The van der Waals surface area contributed by atoms with Gasteiger partial charge in [0.25, 0.3) is 0 Å². The number of halogens is 2. The highest BCUT2D eigenvalue weighted by Crippen LogP contribution is 2.17. The first-order valence-corrected chi connectivity index (χ1v) is 5.56. The Morgan fingerprint density at radius 3 is 2.83 bits per heavy atom. The lowest BCUT2D eigenvalue weighted by atomic mass is 10.1. The molecule has 0 saturated carbocycles. The van der Waals surface area contributed by atoms with Crippen molar-refractivity contribution in [3.8, 4) is 0 Å². The first kappa shape index (κ1) is 12.5. The van der Waals surface area contributed by atoms with E-state index in [4.69, 9.17) is 16.7 Å². The van der Waals surface area contributed by atoms with Gasteiger partial charge < -0.3 is 5.11 Å². The predicted octanol–water partition coefficient (Wildman–Crippen LogP) is 3.16. The highest BCUT2D eigenvalue weighted by molar-refractivity contribution is 6.30. The number of carboxylic acid groups (broad SMARTS) is 1. The van der Waals surface area contributed by atoms with Crippen LogP contribution in [-0.2, 0) is 6.42 Å². The lowest BCUT2D eigenvalue weighted by Gasteiger charge is -2.05. The number of aromatic nitrogens is 1. The van der Waals surface area contributed by atoms with E-state index >= 15 is 0 Å². The molecule has 0 amide bonds. The fourth-order valence-corrected chi connectivity index (χ4v) is 1.79. The van der Waals surface area contributed by atoms with Crippen LogP contribution in [0.4, 0.5) is 4.39 Å². The highest BCUT2D eigenvalue weighted by Gasteiger charge is 2.12. The number of pyridine rings is 1. The van der Waals surface area contributed by atoms with Gasteiger partial charge in [-0.05, 0) is 23.8 Å². The minimum Gasteiger partial charge on any atom is -0.478 e. The Morgan fingerprint density at radius 1 is 1.39 bits per heavy atom. The molecular weight excluding hydrogens is 257 g/mol. The molecule has 5 heteroatoms. The second kappa shape index (κ2) is 5.14. The van der Waals surface area contributed by atoms with Crippen LogP contribution in [0.3, 0.4) is 0 Å². The van der Waals surface area contributed by atoms with Crippen molar-refractivity contribution >= 4 is 17.6 Å². The Morgan fingerprint density at radius 2 is 2.17 bits per heavy atom. The molecule has 0 saturated heterocycles. The average molecular weight is 266 g/mol. The number of rotatable bonds is 3. The molecule has 1 N–H and O–H groups in total.